The Balaban J connectivity index is 1.20. The maximum Gasteiger partial charge on any atom is 0.307 e. The number of carbonyl (C=O) groups excluding carboxylic acids is 4. The fourth-order valence-electron chi connectivity index (χ4n) is 9.73. The van der Waals surface area contributed by atoms with Gasteiger partial charge in [0.25, 0.3) is 6.01 Å². The maximum absolute atomic E-state index is 14.8. The third-order valence-electron chi connectivity index (χ3n) is 13.2. The minimum atomic E-state index is -4.13. The molecule has 0 unspecified atom stereocenters. The standard InChI is InChI=1S/C47H66N6O8S2/c1-30(2)53-37-22-16-21-36(42-48-34(29-62-42)23-31-17-12-11-13-18-31)41(37)49-45(53)60-35-25-38-39(54)27-47(44(57)50-63(58,59)51(6)7)26-33(47)20-15-10-8-9-14-19-32(43(56)52(38)28-35)24-40(55)61-46(3,4)5/h15-16,20-22,29-33,35,38H,8-14,17-19,23-28H2,1-7H3,(H,50,57)/b20-15-/t32-,33+,35-,38+,47-/m1/s1. The molecule has 3 fully saturated rings. The number of rotatable bonds is 11. The summed E-state index contributed by atoms with van der Waals surface area (Å²) in [5.41, 5.74) is 1.62. The molecule has 2 amide bonds. The SMILES string of the molecule is CC(C)n1c(O[C@@H]2C[C@H]3C(=O)C[C@]4(C(=O)NS(=O)(=O)N(C)C)C[C@@H]4/C=C\CCCCC[C@H](CC(=O)OC(C)(C)C)C(=O)N3C2)nc2c(-c3nc(CC4CCCCC4)cs3)cccc21. The molecule has 4 aliphatic rings. The number of aromatic nitrogens is 3. The molecule has 4 heterocycles. The van der Waals surface area contributed by atoms with Crippen molar-refractivity contribution in [2.75, 3.05) is 20.6 Å². The number of benzene rings is 1. The topological polar surface area (TPSA) is 170 Å². The number of nitrogens with zero attached hydrogens (tertiary/aromatic N) is 5. The number of hydrogen-bond acceptors (Lipinski definition) is 11. The normalized spacial score (nSPS) is 26.0. The first kappa shape index (κ1) is 46.8. The van der Waals surface area contributed by atoms with Crippen molar-refractivity contribution in [3.05, 3.63) is 41.4 Å². The van der Waals surface area contributed by atoms with Crippen molar-refractivity contribution in [2.24, 2.45) is 23.2 Å². The van der Waals surface area contributed by atoms with Crippen LogP contribution < -0.4 is 9.46 Å². The van der Waals surface area contributed by atoms with E-state index in [-0.39, 0.29) is 49.5 Å². The first-order valence-electron chi connectivity index (χ1n) is 22.9. The molecular weight excluding hydrogens is 841 g/mol. The van der Waals surface area contributed by atoms with E-state index in [0.29, 0.717) is 31.2 Å². The molecule has 0 bridgehead atoms. The van der Waals surface area contributed by atoms with Gasteiger partial charge in [-0.2, -0.15) is 17.7 Å². The Hall–Kier alpha value is -4.15. The van der Waals surface area contributed by atoms with E-state index < -0.39 is 51.2 Å². The number of imidazole rings is 1. The molecule has 1 aromatic carbocycles. The van der Waals surface area contributed by atoms with E-state index in [2.05, 4.69) is 23.9 Å². The Labute approximate surface area is 376 Å². The van der Waals surface area contributed by atoms with E-state index in [0.717, 1.165) is 57.3 Å². The summed E-state index contributed by atoms with van der Waals surface area (Å²) >= 11 is 1.62. The molecule has 5 atom stereocenters. The van der Waals surface area contributed by atoms with Gasteiger partial charge in [-0.3, -0.25) is 23.7 Å². The molecule has 63 heavy (non-hydrogen) atoms. The fraction of sp³-hybridized carbons (Fsp3) is 0.660. The molecule has 2 aliphatic carbocycles. The predicted molar refractivity (Wildman–Crippen MR) is 243 cm³/mol. The molecule has 2 aliphatic heterocycles. The van der Waals surface area contributed by atoms with Crippen molar-refractivity contribution in [1.82, 2.24) is 28.5 Å². The molecule has 1 N–H and O–H groups in total. The van der Waals surface area contributed by atoms with E-state index in [1.165, 1.54) is 51.1 Å². The number of ether oxygens (including phenoxy) is 2. The first-order chi connectivity index (χ1) is 29.8. The lowest BCUT2D eigenvalue weighted by Gasteiger charge is -2.29. The van der Waals surface area contributed by atoms with Gasteiger partial charge in [-0.25, -0.2) is 9.71 Å². The zero-order valence-electron chi connectivity index (χ0n) is 38.1. The van der Waals surface area contributed by atoms with Crippen molar-refractivity contribution < 1.29 is 37.1 Å². The van der Waals surface area contributed by atoms with Gasteiger partial charge in [0.2, 0.25) is 11.8 Å². The maximum atomic E-state index is 14.8. The molecule has 0 spiro atoms. The number of esters is 1. The monoisotopic (exact) mass is 906 g/mol. The number of nitrogens with one attached hydrogen (secondary N) is 1. The summed E-state index contributed by atoms with van der Waals surface area (Å²) in [5, 5.41) is 3.06. The third-order valence-corrected chi connectivity index (χ3v) is 15.5. The molecule has 2 saturated carbocycles. The van der Waals surface area contributed by atoms with Crippen LogP contribution in [0.4, 0.5) is 0 Å². The van der Waals surface area contributed by atoms with Gasteiger partial charge in [0.15, 0.2) is 5.78 Å². The van der Waals surface area contributed by atoms with Crippen molar-refractivity contribution in [3.63, 3.8) is 0 Å². The number of ketones is 1. The van der Waals surface area contributed by atoms with Crippen LogP contribution in [0.2, 0.25) is 0 Å². The number of amides is 2. The summed E-state index contributed by atoms with van der Waals surface area (Å²) in [4.78, 5) is 68.5. The lowest BCUT2D eigenvalue weighted by atomic mass is 9.86. The van der Waals surface area contributed by atoms with Gasteiger partial charge in [0.05, 0.1) is 35.6 Å². The number of para-hydroxylation sites is 1. The van der Waals surface area contributed by atoms with Crippen LogP contribution >= 0.6 is 11.3 Å². The van der Waals surface area contributed by atoms with Crippen LogP contribution in [0.5, 0.6) is 6.01 Å². The summed E-state index contributed by atoms with van der Waals surface area (Å²) in [6, 6.07) is 5.39. The van der Waals surface area contributed by atoms with Crippen LogP contribution in [0, 0.1) is 23.2 Å². The van der Waals surface area contributed by atoms with Gasteiger partial charge in [0, 0.05) is 49.8 Å². The zero-order valence-corrected chi connectivity index (χ0v) is 39.7. The molecule has 344 valence electrons. The smallest absolute Gasteiger partial charge is 0.307 e. The number of fused-ring (bicyclic) bond motifs is 3. The van der Waals surface area contributed by atoms with Crippen molar-refractivity contribution in [1.29, 1.82) is 0 Å². The van der Waals surface area contributed by atoms with E-state index in [1.807, 2.05) is 34.9 Å². The molecule has 3 aromatic rings. The van der Waals surface area contributed by atoms with Gasteiger partial charge < -0.3 is 14.4 Å². The number of allylic oxidation sites excluding steroid dienone is 2. The lowest BCUT2D eigenvalue weighted by Crippen LogP contribution is -2.47. The van der Waals surface area contributed by atoms with Gasteiger partial charge in [-0.05, 0) is 90.7 Å². The molecule has 1 saturated heterocycles. The molecule has 0 radical (unpaired) electrons. The second-order valence-electron chi connectivity index (χ2n) is 19.7. The van der Waals surface area contributed by atoms with Gasteiger partial charge in [-0.1, -0.05) is 63.2 Å². The van der Waals surface area contributed by atoms with Crippen molar-refractivity contribution in [3.8, 4) is 16.6 Å². The van der Waals surface area contributed by atoms with E-state index in [1.54, 1.807) is 32.1 Å². The van der Waals surface area contributed by atoms with Crippen molar-refractivity contribution in [2.45, 2.75) is 155 Å². The highest BCUT2D eigenvalue weighted by molar-refractivity contribution is 7.87. The fourth-order valence-corrected chi connectivity index (χ4v) is 11.2. The quantitative estimate of drug-likeness (QED) is 0.147. The van der Waals surface area contributed by atoms with Gasteiger partial charge in [0.1, 0.15) is 22.2 Å². The number of thiazole rings is 1. The Bertz CT molecular complexity index is 2310. The highest BCUT2D eigenvalue weighted by atomic mass is 32.2. The average Bonchev–Trinajstić information content (AvgIpc) is 3.53. The van der Waals surface area contributed by atoms with Crippen LogP contribution in [-0.4, -0.2) is 94.1 Å². The largest absolute Gasteiger partial charge is 0.460 e. The number of carbonyl (C=O) groups is 4. The Morgan fingerprint density at radius 2 is 1.76 bits per heavy atom. The molecule has 2 aromatic heterocycles. The van der Waals surface area contributed by atoms with E-state index in [4.69, 9.17) is 19.4 Å². The summed E-state index contributed by atoms with van der Waals surface area (Å²) in [5.74, 6) is -2.35. The molecule has 7 rings (SSSR count). The zero-order chi connectivity index (χ0) is 45.3. The highest BCUT2D eigenvalue weighted by Gasteiger charge is 2.61. The highest BCUT2D eigenvalue weighted by Crippen LogP contribution is 2.57. The Morgan fingerprint density at radius 1 is 1.03 bits per heavy atom. The van der Waals surface area contributed by atoms with Crippen molar-refractivity contribution >= 4 is 56.1 Å². The van der Waals surface area contributed by atoms with Crippen LogP contribution in [-0.2, 0) is 40.5 Å². The second kappa shape index (κ2) is 19.1. The van der Waals surface area contributed by atoms with E-state index >= 15 is 0 Å². The Kier molecular flexibility index (Phi) is 14.2. The lowest BCUT2D eigenvalue weighted by molar-refractivity contribution is -0.159. The minimum absolute atomic E-state index is 0.0524. The average molecular weight is 907 g/mol. The number of hydrogen-bond donors (Lipinski definition) is 1. The minimum Gasteiger partial charge on any atom is -0.460 e. The molecular formula is C47H66N6O8S2. The summed E-state index contributed by atoms with van der Waals surface area (Å²) in [7, 11) is -1.47. The van der Waals surface area contributed by atoms with Gasteiger partial charge >= 0.3 is 16.2 Å². The van der Waals surface area contributed by atoms with Crippen LogP contribution in [0.15, 0.2) is 35.7 Å². The molecule has 14 nitrogen and oxygen atoms in total. The van der Waals surface area contributed by atoms with Crippen LogP contribution in [0.3, 0.4) is 0 Å². The second-order valence-corrected chi connectivity index (χ2v) is 22.5. The first-order valence-corrected chi connectivity index (χ1v) is 25.3. The summed E-state index contributed by atoms with van der Waals surface area (Å²) in [6.45, 7) is 9.53. The Morgan fingerprint density at radius 3 is 2.48 bits per heavy atom. The van der Waals surface area contributed by atoms with Crippen LogP contribution in [0.25, 0.3) is 21.6 Å². The van der Waals surface area contributed by atoms with Gasteiger partial charge in [-0.15, -0.1) is 11.3 Å². The predicted octanol–water partition coefficient (Wildman–Crippen LogP) is 7.97. The number of Topliss-reactive ketones (excluding diaryl/α,β-unsaturated/α-hetero) is 1. The summed E-state index contributed by atoms with van der Waals surface area (Å²) in [6.07, 6.45) is 14.1. The van der Waals surface area contributed by atoms with Crippen LogP contribution in [0.1, 0.15) is 136 Å². The van der Waals surface area contributed by atoms with E-state index in [9.17, 15) is 27.6 Å². The molecule has 16 heteroatoms. The third kappa shape index (κ3) is 10.9. The summed E-state index contributed by atoms with van der Waals surface area (Å²) < 4.78 is 43.4.